The summed E-state index contributed by atoms with van der Waals surface area (Å²) in [6.07, 6.45) is 1.71. The molecule has 36 heavy (non-hydrogen) atoms. The topological polar surface area (TPSA) is 72.2 Å². The van der Waals surface area contributed by atoms with Crippen LogP contribution in [0.25, 0.3) is 11.0 Å². The van der Waals surface area contributed by atoms with E-state index in [9.17, 15) is 9.59 Å². The van der Waals surface area contributed by atoms with Gasteiger partial charge in [0, 0.05) is 6.54 Å². The number of nitrogens with zero attached hydrogens (tertiary/aromatic N) is 2. The molecule has 1 aromatic heterocycles. The minimum absolute atomic E-state index is 0.128. The zero-order chi connectivity index (χ0) is 25.8. The van der Waals surface area contributed by atoms with Gasteiger partial charge in [-0.15, -0.1) is 0 Å². The van der Waals surface area contributed by atoms with Crippen LogP contribution in [0.2, 0.25) is 0 Å². The fraction of sp³-hybridized carbons (Fsp3) is 0.448. The standard InChI is InChI=1S/C29H36N2O5/c1-6-34-24-18-20(12-13-23(24)35-17-14-19(2)3)26-25-27(32)21-10-7-8-11-22(21)36-28(25)29(33)31(26)16-9-15-30(4)5/h7-8,10-13,18-19,26H,6,9,14-17H2,1-5H3. The predicted molar refractivity (Wildman–Crippen MR) is 141 cm³/mol. The highest BCUT2D eigenvalue weighted by molar-refractivity contribution is 5.99. The van der Waals surface area contributed by atoms with Crippen molar-refractivity contribution in [2.75, 3.05) is 40.4 Å². The van der Waals surface area contributed by atoms with Gasteiger partial charge in [0.25, 0.3) is 5.91 Å². The van der Waals surface area contributed by atoms with Gasteiger partial charge in [0.1, 0.15) is 5.58 Å². The SMILES string of the molecule is CCOc1cc(C2c3c(oc4ccccc4c3=O)C(=O)N2CCCN(C)C)ccc1OCCC(C)C. The maximum atomic E-state index is 13.7. The summed E-state index contributed by atoms with van der Waals surface area (Å²) in [6, 6.07) is 12.2. The number of fused-ring (bicyclic) bond motifs is 2. The number of carbonyl (C=O) groups is 1. The summed E-state index contributed by atoms with van der Waals surface area (Å²) in [5, 5.41) is 0.475. The number of benzene rings is 2. The smallest absolute Gasteiger partial charge is 0.290 e. The Morgan fingerprint density at radius 2 is 1.83 bits per heavy atom. The summed E-state index contributed by atoms with van der Waals surface area (Å²) < 4.78 is 18.0. The molecule has 0 fully saturated rings. The van der Waals surface area contributed by atoms with Crippen LogP contribution < -0.4 is 14.9 Å². The quantitative estimate of drug-likeness (QED) is 0.370. The average molecular weight is 493 g/mol. The third-order valence-electron chi connectivity index (χ3n) is 6.41. The highest BCUT2D eigenvalue weighted by Crippen LogP contribution is 2.41. The van der Waals surface area contributed by atoms with E-state index in [1.54, 1.807) is 23.1 Å². The Morgan fingerprint density at radius 3 is 2.56 bits per heavy atom. The third kappa shape index (κ3) is 5.26. The first-order valence-corrected chi connectivity index (χ1v) is 12.7. The Balaban J connectivity index is 1.79. The minimum atomic E-state index is -0.556. The Bertz CT molecular complexity index is 1280. The molecule has 192 valence electrons. The van der Waals surface area contributed by atoms with Gasteiger partial charge in [-0.2, -0.15) is 0 Å². The molecule has 0 saturated carbocycles. The van der Waals surface area contributed by atoms with E-state index in [-0.39, 0.29) is 17.1 Å². The first-order valence-electron chi connectivity index (χ1n) is 12.7. The average Bonchev–Trinajstić information content (AvgIpc) is 3.12. The molecule has 0 saturated heterocycles. The van der Waals surface area contributed by atoms with Crippen molar-refractivity contribution in [1.82, 2.24) is 9.80 Å². The number of para-hydroxylation sites is 1. The second-order valence-electron chi connectivity index (χ2n) is 9.90. The molecule has 0 aliphatic carbocycles. The fourth-order valence-corrected chi connectivity index (χ4v) is 4.59. The van der Waals surface area contributed by atoms with Crippen molar-refractivity contribution in [3.63, 3.8) is 0 Å². The van der Waals surface area contributed by atoms with Crippen LogP contribution in [0.1, 0.15) is 61.3 Å². The van der Waals surface area contributed by atoms with Crippen molar-refractivity contribution >= 4 is 16.9 Å². The molecule has 1 amide bonds. The van der Waals surface area contributed by atoms with Gasteiger partial charge in [-0.1, -0.05) is 32.0 Å². The molecule has 1 unspecified atom stereocenters. The van der Waals surface area contributed by atoms with Gasteiger partial charge in [0.05, 0.1) is 30.2 Å². The Kier molecular flexibility index (Phi) is 7.99. The molecule has 3 aromatic rings. The van der Waals surface area contributed by atoms with Gasteiger partial charge in [-0.05, 0) is 76.2 Å². The molecular formula is C29H36N2O5. The molecule has 0 N–H and O–H groups in total. The number of hydrogen-bond acceptors (Lipinski definition) is 6. The molecule has 2 aromatic carbocycles. The summed E-state index contributed by atoms with van der Waals surface area (Å²) in [5.41, 5.74) is 1.44. The monoisotopic (exact) mass is 492 g/mol. The largest absolute Gasteiger partial charge is 0.490 e. The summed E-state index contributed by atoms with van der Waals surface area (Å²) >= 11 is 0. The van der Waals surface area contributed by atoms with E-state index >= 15 is 0 Å². The molecular weight excluding hydrogens is 456 g/mol. The maximum absolute atomic E-state index is 13.7. The molecule has 7 nitrogen and oxygen atoms in total. The van der Waals surface area contributed by atoms with Gasteiger partial charge >= 0.3 is 0 Å². The molecule has 1 aliphatic rings. The van der Waals surface area contributed by atoms with Crippen LogP contribution in [0.3, 0.4) is 0 Å². The van der Waals surface area contributed by atoms with Gasteiger partial charge in [0.2, 0.25) is 5.76 Å². The third-order valence-corrected chi connectivity index (χ3v) is 6.41. The van der Waals surface area contributed by atoms with E-state index < -0.39 is 6.04 Å². The summed E-state index contributed by atoms with van der Waals surface area (Å²) in [7, 11) is 4.00. The lowest BCUT2D eigenvalue weighted by Gasteiger charge is -2.26. The summed E-state index contributed by atoms with van der Waals surface area (Å²) in [6.45, 7) is 8.63. The molecule has 1 aliphatic heterocycles. The Morgan fingerprint density at radius 1 is 1.06 bits per heavy atom. The first-order chi connectivity index (χ1) is 17.3. The maximum Gasteiger partial charge on any atom is 0.290 e. The first kappa shape index (κ1) is 25.8. The van der Waals surface area contributed by atoms with Crippen LogP contribution >= 0.6 is 0 Å². The van der Waals surface area contributed by atoms with Crippen molar-refractivity contribution in [2.45, 2.75) is 39.7 Å². The number of ether oxygens (including phenoxy) is 2. The zero-order valence-electron chi connectivity index (χ0n) is 21.9. The van der Waals surface area contributed by atoms with Crippen LogP contribution in [0.4, 0.5) is 0 Å². The second-order valence-corrected chi connectivity index (χ2v) is 9.90. The summed E-state index contributed by atoms with van der Waals surface area (Å²) in [5.74, 6) is 1.68. The van der Waals surface area contributed by atoms with Gasteiger partial charge in [-0.3, -0.25) is 9.59 Å². The predicted octanol–water partition coefficient (Wildman–Crippen LogP) is 5.11. The number of rotatable bonds is 11. The fourth-order valence-electron chi connectivity index (χ4n) is 4.59. The highest BCUT2D eigenvalue weighted by atomic mass is 16.5. The van der Waals surface area contributed by atoms with Crippen molar-refractivity contribution in [3.05, 3.63) is 69.6 Å². The van der Waals surface area contributed by atoms with Crippen molar-refractivity contribution in [3.8, 4) is 11.5 Å². The lowest BCUT2D eigenvalue weighted by molar-refractivity contribution is 0.0722. The molecule has 0 spiro atoms. The molecule has 0 radical (unpaired) electrons. The van der Waals surface area contributed by atoms with Crippen LogP contribution in [-0.4, -0.2) is 56.1 Å². The van der Waals surface area contributed by atoms with E-state index in [2.05, 4.69) is 18.7 Å². The van der Waals surface area contributed by atoms with Crippen LogP contribution in [0.15, 0.2) is 51.7 Å². The molecule has 2 heterocycles. The van der Waals surface area contributed by atoms with Gasteiger partial charge in [0.15, 0.2) is 16.9 Å². The van der Waals surface area contributed by atoms with Crippen LogP contribution in [0, 0.1) is 5.92 Å². The van der Waals surface area contributed by atoms with Crippen molar-refractivity contribution < 1.29 is 18.7 Å². The lowest BCUT2D eigenvalue weighted by atomic mass is 9.98. The van der Waals surface area contributed by atoms with Crippen molar-refractivity contribution in [1.29, 1.82) is 0 Å². The zero-order valence-corrected chi connectivity index (χ0v) is 21.9. The molecule has 7 heteroatoms. The van der Waals surface area contributed by atoms with E-state index in [0.29, 0.717) is 53.7 Å². The summed E-state index contributed by atoms with van der Waals surface area (Å²) in [4.78, 5) is 31.0. The highest BCUT2D eigenvalue weighted by Gasteiger charge is 2.42. The molecule has 0 bridgehead atoms. The lowest BCUT2D eigenvalue weighted by Crippen LogP contribution is -2.32. The normalized spacial score (nSPS) is 15.2. The van der Waals surface area contributed by atoms with E-state index in [1.807, 2.05) is 45.3 Å². The van der Waals surface area contributed by atoms with E-state index in [1.165, 1.54) is 0 Å². The molecule has 4 rings (SSSR count). The van der Waals surface area contributed by atoms with Gasteiger partial charge < -0.3 is 23.7 Å². The van der Waals surface area contributed by atoms with Crippen LogP contribution in [0.5, 0.6) is 11.5 Å². The van der Waals surface area contributed by atoms with Crippen LogP contribution in [-0.2, 0) is 0 Å². The molecule has 1 atom stereocenters. The van der Waals surface area contributed by atoms with Crippen molar-refractivity contribution in [2.24, 2.45) is 5.92 Å². The Labute approximate surface area is 212 Å². The second kappa shape index (κ2) is 11.2. The minimum Gasteiger partial charge on any atom is -0.490 e. The Hall–Kier alpha value is -3.32. The van der Waals surface area contributed by atoms with E-state index in [4.69, 9.17) is 13.9 Å². The number of carbonyl (C=O) groups excluding carboxylic acids is 1. The number of hydrogen-bond donors (Lipinski definition) is 0. The van der Waals surface area contributed by atoms with Gasteiger partial charge in [-0.25, -0.2) is 0 Å². The number of amides is 1. The van der Waals surface area contributed by atoms with E-state index in [0.717, 1.165) is 24.9 Å².